The van der Waals surface area contributed by atoms with Crippen molar-refractivity contribution in [2.75, 3.05) is 36.4 Å². The maximum Gasteiger partial charge on any atom is 0.407 e. The predicted molar refractivity (Wildman–Crippen MR) is 72.8 cm³/mol. The SMILES string of the molecule is C[C@H]1CN(c2ccnc3c2CCN3)CCN1C(=O)O. The molecular formula is C13H18N4O2. The Balaban J connectivity index is 1.82. The lowest BCUT2D eigenvalue weighted by molar-refractivity contribution is 0.122. The quantitative estimate of drug-likeness (QED) is 0.797. The van der Waals surface area contributed by atoms with Gasteiger partial charge < -0.3 is 20.2 Å². The van der Waals surface area contributed by atoms with E-state index < -0.39 is 6.09 Å². The minimum absolute atomic E-state index is 0.0180. The van der Waals surface area contributed by atoms with Gasteiger partial charge in [-0.15, -0.1) is 0 Å². The molecule has 102 valence electrons. The van der Waals surface area contributed by atoms with Crippen LogP contribution in [0.25, 0.3) is 0 Å². The monoisotopic (exact) mass is 262 g/mol. The highest BCUT2D eigenvalue weighted by molar-refractivity contribution is 5.68. The number of fused-ring (bicyclic) bond motifs is 1. The van der Waals surface area contributed by atoms with Crippen molar-refractivity contribution in [3.05, 3.63) is 17.8 Å². The lowest BCUT2D eigenvalue weighted by Crippen LogP contribution is -2.53. The molecule has 1 atom stereocenters. The molecule has 0 bridgehead atoms. The Morgan fingerprint density at radius 1 is 1.53 bits per heavy atom. The van der Waals surface area contributed by atoms with Gasteiger partial charge in [-0.3, -0.25) is 0 Å². The van der Waals surface area contributed by atoms with Crippen molar-refractivity contribution >= 4 is 17.6 Å². The van der Waals surface area contributed by atoms with Crippen LogP contribution in [0.1, 0.15) is 12.5 Å². The van der Waals surface area contributed by atoms with Gasteiger partial charge in [-0.1, -0.05) is 0 Å². The Kier molecular flexibility index (Phi) is 2.93. The van der Waals surface area contributed by atoms with Crippen LogP contribution in [0.3, 0.4) is 0 Å². The zero-order valence-electron chi connectivity index (χ0n) is 11.0. The average molecular weight is 262 g/mol. The van der Waals surface area contributed by atoms with Gasteiger partial charge in [-0.05, 0) is 19.4 Å². The van der Waals surface area contributed by atoms with Gasteiger partial charge in [0.15, 0.2) is 0 Å². The van der Waals surface area contributed by atoms with Crippen LogP contribution in [-0.4, -0.2) is 53.3 Å². The Morgan fingerprint density at radius 3 is 3.11 bits per heavy atom. The minimum Gasteiger partial charge on any atom is -0.465 e. The number of nitrogens with one attached hydrogen (secondary N) is 1. The first-order chi connectivity index (χ1) is 9.16. The summed E-state index contributed by atoms with van der Waals surface area (Å²) in [6.07, 6.45) is 1.99. The van der Waals surface area contributed by atoms with Crippen LogP contribution in [-0.2, 0) is 6.42 Å². The summed E-state index contributed by atoms with van der Waals surface area (Å²) in [5.74, 6) is 0.978. The van der Waals surface area contributed by atoms with Crippen molar-refractivity contribution in [1.29, 1.82) is 0 Å². The Hall–Kier alpha value is -1.98. The molecule has 1 aromatic rings. The number of nitrogens with zero attached hydrogens (tertiary/aromatic N) is 3. The van der Waals surface area contributed by atoms with E-state index in [1.807, 2.05) is 19.2 Å². The van der Waals surface area contributed by atoms with E-state index in [4.69, 9.17) is 5.11 Å². The number of piperazine rings is 1. The number of hydrogen-bond donors (Lipinski definition) is 2. The van der Waals surface area contributed by atoms with Crippen LogP contribution in [0.4, 0.5) is 16.3 Å². The van der Waals surface area contributed by atoms with Crippen LogP contribution in [0.2, 0.25) is 0 Å². The van der Waals surface area contributed by atoms with Crippen LogP contribution < -0.4 is 10.2 Å². The molecule has 0 saturated carbocycles. The number of rotatable bonds is 1. The van der Waals surface area contributed by atoms with Gasteiger partial charge in [0.1, 0.15) is 5.82 Å². The van der Waals surface area contributed by atoms with Gasteiger partial charge in [0, 0.05) is 49.7 Å². The highest BCUT2D eigenvalue weighted by Gasteiger charge is 2.29. The molecule has 2 aliphatic rings. The maximum atomic E-state index is 11.1. The van der Waals surface area contributed by atoms with Gasteiger partial charge in [0.25, 0.3) is 0 Å². The number of hydrogen-bond acceptors (Lipinski definition) is 4. The Bertz CT molecular complexity index is 505. The first-order valence-electron chi connectivity index (χ1n) is 6.63. The molecule has 1 fully saturated rings. The molecule has 19 heavy (non-hydrogen) atoms. The van der Waals surface area contributed by atoms with E-state index in [-0.39, 0.29) is 6.04 Å². The summed E-state index contributed by atoms with van der Waals surface area (Å²) in [5.41, 5.74) is 2.46. The maximum absolute atomic E-state index is 11.1. The molecule has 0 aliphatic carbocycles. The zero-order chi connectivity index (χ0) is 13.4. The van der Waals surface area contributed by atoms with Crippen molar-refractivity contribution in [2.24, 2.45) is 0 Å². The Labute approximate surface area is 112 Å². The highest BCUT2D eigenvalue weighted by atomic mass is 16.4. The fourth-order valence-electron chi connectivity index (χ4n) is 2.94. The van der Waals surface area contributed by atoms with E-state index >= 15 is 0 Å². The fourth-order valence-corrected chi connectivity index (χ4v) is 2.94. The van der Waals surface area contributed by atoms with Gasteiger partial charge in [0.2, 0.25) is 0 Å². The molecule has 3 rings (SSSR count). The van der Waals surface area contributed by atoms with Crippen LogP contribution >= 0.6 is 0 Å². The zero-order valence-corrected chi connectivity index (χ0v) is 11.0. The summed E-state index contributed by atoms with van der Waals surface area (Å²) in [5, 5.41) is 12.4. The third kappa shape index (κ3) is 2.07. The van der Waals surface area contributed by atoms with Crippen molar-refractivity contribution < 1.29 is 9.90 Å². The molecule has 0 aromatic carbocycles. The third-order valence-electron chi connectivity index (χ3n) is 3.91. The van der Waals surface area contributed by atoms with E-state index in [9.17, 15) is 4.79 Å². The van der Waals surface area contributed by atoms with Crippen LogP contribution in [0.5, 0.6) is 0 Å². The van der Waals surface area contributed by atoms with Crippen LogP contribution in [0, 0.1) is 0 Å². The van der Waals surface area contributed by atoms with E-state index in [1.54, 1.807) is 0 Å². The third-order valence-corrected chi connectivity index (χ3v) is 3.91. The first-order valence-corrected chi connectivity index (χ1v) is 6.63. The minimum atomic E-state index is -0.825. The number of aromatic nitrogens is 1. The fraction of sp³-hybridized carbons (Fsp3) is 0.538. The van der Waals surface area contributed by atoms with Crippen molar-refractivity contribution in [2.45, 2.75) is 19.4 Å². The summed E-state index contributed by atoms with van der Waals surface area (Å²) in [6.45, 7) is 4.93. The molecule has 2 N–H and O–H groups in total. The van der Waals surface area contributed by atoms with Crippen molar-refractivity contribution in [1.82, 2.24) is 9.88 Å². The second-order valence-electron chi connectivity index (χ2n) is 5.11. The van der Waals surface area contributed by atoms with Crippen molar-refractivity contribution in [3.63, 3.8) is 0 Å². The second kappa shape index (κ2) is 4.60. The lowest BCUT2D eigenvalue weighted by atomic mass is 10.1. The number of carbonyl (C=O) groups is 1. The molecular weight excluding hydrogens is 244 g/mol. The molecule has 1 amide bonds. The van der Waals surface area contributed by atoms with Gasteiger partial charge in [0.05, 0.1) is 0 Å². The second-order valence-corrected chi connectivity index (χ2v) is 5.11. The molecule has 6 heteroatoms. The largest absolute Gasteiger partial charge is 0.465 e. The van der Waals surface area contributed by atoms with E-state index in [0.29, 0.717) is 6.54 Å². The average Bonchev–Trinajstić information content (AvgIpc) is 2.86. The number of anilines is 2. The molecule has 2 aliphatic heterocycles. The summed E-state index contributed by atoms with van der Waals surface area (Å²) in [4.78, 5) is 19.2. The molecule has 3 heterocycles. The van der Waals surface area contributed by atoms with Gasteiger partial charge >= 0.3 is 6.09 Å². The number of carboxylic acid groups (broad SMARTS) is 1. The number of pyridine rings is 1. The first kappa shape index (κ1) is 12.1. The van der Waals surface area contributed by atoms with E-state index in [2.05, 4.69) is 15.2 Å². The number of amides is 1. The van der Waals surface area contributed by atoms with Crippen molar-refractivity contribution in [3.8, 4) is 0 Å². The standard InChI is InChI=1S/C13H18N4O2/c1-9-8-16(6-7-17(9)13(18)19)11-3-5-15-12-10(11)2-4-14-12/h3,5,9H,2,4,6-8H2,1H3,(H,14,15)(H,18,19)/t9-/m0/s1. The topological polar surface area (TPSA) is 68.7 Å². The molecule has 0 radical (unpaired) electrons. The summed E-state index contributed by atoms with van der Waals surface area (Å²) < 4.78 is 0. The summed E-state index contributed by atoms with van der Waals surface area (Å²) >= 11 is 0. The highest BCUT2D eigenvalue weighted by Crippen LogP contribution is 2.31. The van der Waals surface area contributed by atoms with E-state index in [0.717, 1.165) is 31.9 Å². The van der Waals surface area contributed by atoms with E-state index in [1.165, 1.54) is 16.2 Å². The molecule has 1 saturated heterocycles. The van der Waals surface area contributed by atoms with Crippen LogP contribution in [0.15, 0.2) is 12.3 Å². The smallest absolute Gasteiger partial charge is 0.407 e. The summed E-state index contributed by atoms with van der Waals surface area (Å²) in [6, 6.07) is 2.05. The van der Waals surface area contributed by atoms with Gasteiger partial charge in [-0.2, -0.15) is 0 Å². The molecule has 0 spiro atoms. The molecule has 6 nitrogen and oxygen atoms in total. The summed E-state index contributed by atoms with van der Waals surface area (Å²) in [7, 11) is 0. The van der Waals surface area contributed by atoms with Gasteiger partial charge in [-0.25, -0.2) is 9.78 Å². The predicted octanol–water partition coefficient (Wildman–Crippen LogP) is 1.24. The lowest BCUT2D eigenvalue weighted by Gasteiger charge is -2.40. The molecule has 1 aromatic heterocycles. The normalized spacial score (nSPS) is 22.1. The molecule has 0 unspecified atom stereocenters. The Morgan fingerprint density at radius 2 is 2.37 bits per heavy atom.